The minimum Gasteiger partial charge on any atom is -0.465 e. The van der Waals surface area contributed by atoms with Crippen molar-refractivity contribution in [3.63, 3.8) is 0 Å². The molecule has 1 heterocycles. The largest absolute Gasteiger partial charge is 0.465 e. The molecule has 1 atom stereocenters. The summed E-state index contributed by atoms with van der Waals surface area (Å²) in [6.45, 7) is 5.91. The summed E-state index contributed by atoms with van der Waals surface area (Å²) in [5.74, 6) is 0. The summed E-state index contributed by atoms with van der Waals surface area (Å²) in [6, 6.07) is -0.0180. The minimum atomic E-state index is -0.958. The van der Waals surface area contributed by atoms with E-state index in [-0.39, 0.29) is 6.04 Å². The van der Waals surface area contributed by atoms with E-state index in [9.17, 15) is 4.79 Å². The standard InChI is InChI=1S/C8H16N2O3/c1-7(9-8(11)12)6-10-2-4-13-5-3-10/h7,9H,2-6H2,1H3,(H,11,12). The van der Waals surface area contributed by atoms with Crippen LogP contribution in [-0.4, -0.2) is 55.0 Å². The molecule has 1 fully saturated rings. The Morgan fingerprint density at radius 3 is 2.77 bits per heavy atom. The molecule has 5 heteroatoms. The average Bonchev–Trinajstić information content (AvgIpc) is 2.04. The lowest BCUT2D eigenvalue weighted by Crippen LogP contribution is -2.45. The molecular weight excluding hydrogens is 172 g/mol. The minimum absolute atomic E-state index is 0.0180. The summed E-state index contributed by atoms with van der Waals surface area (Å²) in [6.07, 6.45) is -0.958. The highest BCUT2D eigenvalue weighted by Gasteiger charge is 2.14. The van der Waals surface area contributed by atoms with Gasteiger partial charge in [-0.3, -0.25) is 4.90 Å². The number of carboxylic acid groups (broad SMARTS) is 1. The van der Waals surface area contributed by atoms with Gasteiger partial charge in [0.25, 0.3) is 0 Å². The van der Waals surface area contributed by atoms with Gasteiger partial charge in [-0.25, -0.2) is 4.79 Å². The molecule has 13 heavy (non-hydrogen) atoms. The highest BCUT2D eigenvalue weighted by molar-refractivity contribution is 5.64. The normalized spacial score (nSPS) is 21.0. The van der Waals surface area contributed by atoms with Gasteiger partial charge in [0.15, 0.2) is 0 Å². The molecule has 1 aliphatic rings. The van der Waals surface area contributed by atoms with Crippen molar-refractivity contribution >= 4 is 6.09 Å². The molecule has 2 N–H and O–H groups in total. The fourth-order valence-electron chi connectivity index (χ4n) is 1.43. The van der Waals surface area contributed by atoms with Crippen molar-refractivity contribution < 1.29 is 14.6 Å². The van der Waals surface area contributed by atoms with Crippen LogP contribution in [0.1, 0.15) is 6.92 Å². The fourth-order valence-corrected chi connectivity index (χ4v) is 1.43. The van der Waals surface area contributed by atoms with Gasteiger partial charge in [-0.1, -0.05) is 0 Å². The van der Waals surface area contributed by atoms with Crippen LogP contribution >= 0.6 is 0 Å². The van der Waals surface area contributed by atoms with E-state index in [1.165, 1.54) is 0 Å². The SMILES string of the molecule is CC(CN1CCOCC1)NC(=O)O. The molecule has 0 radical (unpaired) electrons. The lowest BCUT2D eigenvalue weighted by atomic mass is 10.3. The molecule has 1 rings (SSSR count). The van der Waals surface area contributed by atoms with E-state index in [4.69, 9.17) is 9.84 Å². The number of carbonyl (C=O) groups is 1. The van der Waals surface area contributed by atoms with Crippen molar-refractivity contribution in [2.24, 2.45) is 0 Å². The van der Waals surface area contributed by atoms with Gasteiger partial charge in [-0.05, 0) is 6.92 Å². The number of hydrogen-bond acceptors (Lipinski definition) is 3. The molecule has 0 aromatic carbocycles. The smallest absolute Gasteiger partial charge is 0.404 e. The van der Waals surface area contributed by atoms with Crippen molar-refractivity contribution in [2.45, 2.75) is 13.0 Å². The van der Waals surface area contributed by atoms with Gasteiger partial charge in [-0.15, -0.1) is 0 Å². The highest BCUT2D eigenvalue weighted by atomic mass is 16.5. The molecule has 0 aliphatic carbocycles. The zero-order valence-electron chi connectivity index (χ0n) is 7.82. The van der Waals surface area contributed by atoms with Crippen LogP contribution in [0.15, 0.2) is 0 Å². The Labute approximate surface area is 77.7 Å². The van der Waals surface area contributed by atoms with Gasteiger partial charge in [0.05, 0.1) is 13.2 Å². The Balaban J connectivity index is 2.18. The molecule has 0 saturated carbocycles. The second kappa shape index (κ2) is 5.04. The number of amides is 1. The molecule has 0 aromatic rings. The van der Waals surface area contributed by atoms with E-state index in [1.54, 1.807) is 0 Å². The van der Waals surface area contributed by atoms with Crippen molar-refractivity contribution in [1.29, 1.82) is 0 Å². The van der Waals surface area contributed by atoms with Crippen LogP contribution in [0.4, 0.5) is 4.79 Å². The van der Waals surface area contributed by atoms with Gasteiger partial charge in [0.2, 0.25) is 0 Å². The van der Waals surface area contributed by atoms with Gasteiger partial charge in [0.1, 0.15) is 0 Å². The quantitative estimate of drug-likeness (QED) is 0.653. The zero-order valence-corrected chi connectivity index (χ0v) is 7.82. The molecule has 0 spiro atoms. The van der Waals surface area contributed by atoms with Gasteiger partial charge >= 0.3 is 6.09 Å². The Morgan fingerprint density at radius 2 is 2.23 bits per heavy atom. The number of ether oxygens (including phenoxy) is 1. The molecule has 1 saturated heterocycles. The van der Waals surface area contributed by atoms with E-state index in [0.717, 1.165) is 32.8 Å². The molecule has 1 aliphatic heterocycles. The molecule has 0 aromatic heterocycles. The van der Waals surface area contributed by atoms with E-state index < -0.39 is 6.09 Å². The van der Waals surface area contributed by atoms with Crippen LogP contribution in [0.5, 0.6) is 0 Å². The summed E-state index contributed by atoms with van der Waals surface area (Å²) in [7, 11) is 0. The van der Waals surface area contributed by atoms with Crippen molar-refractivity contribution in [3.05, 3.63) is 0 Å². The Kier molecular flexibility index (Phi) is 3.98. The third-order valence-electron chi connectivity index (χ3n) is 2.01. The lowest BCUT2D eigenvalue weighted by Gasteiger charge is -2.28. The maximum atomic E-state index is 10.3. The van der Waals surface area contributed by atoms with Gasteiger partial charge in [-0.2, -0.15) is 0 Å². The third-order valence-corrected chi connectivity index (χ3v) is 2.01. The molecular formula is C8H16N2O3. The van der Waals surface area contributed by atoms with Crippen molar-refractivity contribution in [3.8, 4) is 0 Å². The Morgan fingerprint density at radius 1 is 1.62 bits per heavy atom. The summed E-state index contributed by atoms with van der Waals surface area (Å²) < 4.78 is 5.18. The van der Waals surface area contributed by atoms with Crippen LogP contribution in [0.25, 0.3) is 0 Å². The van der Waals surface area contributed by atoms with E-state index >= 15 is 0 Å². The van der Waals surface area contributed by atoms with Crippen molar-refractivity contribution in [1.82, 2.24) is 10.2 Å². The number of morpholine rings is 1. The Bertz CT molecular complexity index is 169. The molecule has 1 amide bonds. The number of nitrogens with one attached hydrogen (secondary N) is 1. The first-order valence-corrected chi connectivity index (χ1v) is 4.48. The maximum absolute atomic E-state index is 10.3. The second-order valence-electron chi connectivity index (χ2n) is 3.26. The number of rotatable bonds is 3. The van der Waals surface area contributed by atoms with E-state index in [0.29, 0.717) is 0 Å². The predicted octanol–water partition coefficient (Wildman–Crippen LogP) is -0.0253. The highest BCUT2D eigenvalue weighted by Crippen LogP contribution is 1.97. The van der Waals surface area contributed by atoms with E-state index in [1.807, 2.05) is 6.92 Å². The second-order valence-corrected chi connectivity index (χ2v) is 3.26. The predicted molar refractivity (Wildman–Crippen MR) is 47.9 cm³/mol. The molecule has 0 bridgehead atoms. The van der Waals surface area contributed by atoms with Gasteiger partial charge in [0, 0.05) is 25.7 Å². The Hall–Kier alpha value is -0.810. The number of hydrogen-bond donors (Lipinski definition) is 2. The molecule has 76 valence electrons. The van der Waals surface area contributed by atoms with Crippen molar-refractivity contribution in [2.75, 3.05) is 32.8 Å². The summed E-state index contributed by atoms with van der Waals surface area (Å²) in [5, 5.41) is 10.9. The monoisotopic (exact) mass is 188 g/mol. The summed E-state index contributed by atoms with van der Waals surface area (Å²) >= 11 is 0. The van der Waals surface area contributed by atoms with Crippen LogP contribution in [-0.2, 0) is 4.74 Å². The molecule has 5 nitrogen and oxygen atoms in total. The zero-order chi connectivity index (χ0) is 9.68. The average molecular weight is 188 g/mol. The fraction of sp³-hybridized carbons (Fsp3) is 0.875. The van der Waals surface area contributed by atoms with Crippen LogP contribution in [0, 0.1) is 0 Å². The maximum Gasteiger partial charge on any atom is 0.404 e. The topological polar surface area (TPSA) is 61.8 Å². The summed E-state index contributed by atoms with van der Waals surface area (Å²) in [5.41, 5.74) is 0. The van der Waals surface area contributed by atoms with Crippen LogP contribution in [0.2, 0.25) is 0 Å². The van der Waals surface area contributed by atoms with Gasteiger partial charge < -0.3 is 15.2 Å². The summed E-state index contributed by atoms with van der Waals surface area (Å²) in [4.78, 5) is 12.5. The lowest BCUT2D eigenvalue weighted by molar-refractivity contribution is 0.0345. The first kappa shape index (κ1) is 10.3. The number of nitrogens with zero attached hydrogens (tertiary/aromatic N) is 1. The first-order valence-electron chi connectivity index (χ1n) is 4.48. The molecule has 1 unspecified atom stereocenters. The third kappa shape index (κ3) is 4.10. The first-order chi connectivity index (χ1) is 6.18. The van der Waals surface area contributed by atoms with Crippen LogP contribution < -0.4 is 5.32 Å². The van der Waals surface area contributed by atoms with E-state index in [2.05, 4.69) is 10.2 Å². The van der Waals surface area contributed by atoms with Crippen LogP contribution in [0.3, 0.4) is 0 Å².